The highest BCUT2D eigenvalue weighted by atomic mass is 16.5. The van der Waals surface area contributed by atoms with Crippen LogP contribution in [0, 0.1) is 5.92 Å². The summed E-state index contributed by atoms with van der Waals surface area (Å²) in [6.45, 7) is 2.40. The van der Waals surface area contributed by atoms with Crippen molar-refractivity contribution < 1.29 is 28.9 Å². The molecule has 200 valence electrons. The van der Waals surface area contributed by atoms with Crippen LogP contribution in [-0.2, 0) is 22.6 Å². The summed E-state index contributed by atoms with van der Waals surface area (Å²) in [6, 6.07) is 11.2. The van der Waals surface area contributed by atoms with Gasteiger partial charge in [0.2, 0.25) is 11.2 Å². The first-order valence-electron chi connectivity index (χ1n) is 12.5. The number of benzene rings is 1. The zero-order valence-electron chi connectivity index (χ0n) is 21.3. The average Bonchev–Trinajstić information content (AvgIpc) is 2.90. The van der Waals surface area contributed by atoms with Gasteiger partial charge in [-0.2, -0.15) is 0 Å². The third-order valence-corrected chi connectivity index (χ3v) is 7.45. The van der Waals surface area contributed by atoms with Crippen molar-refractivity contribution in [3.05, 3.63) is 85.8 Å². The SMILES string of the molecule is COC(=O)C[C@H](c1ccc(OC)c(O)c1)c1oc(CN2C[C@@H]3C[C@H](C2)c2cccc(=O)n2C3)cc(=O)c1O. The Labute approximate surface area is 218 Å². The summed E-state index contributed by atoms with van der Waals surface area (Å²) < 4.78 is 17.9. The number of fused-ring (bicyclic) bond motifs is 4. The fraction of sp³-hybridized carbons (Fsp3) is 0.393. The van der Waals surface area contributed by atoms with Crippen LogP contribution < -0.4 is 15.7 Å². The molecule has 2 aliphatic rings. The van der Waals surface area contributed by atoms with E-state index in [1.165, 1.54) is 32.4 Å². The van der Waals surface area contributed by atoms with E-state index in [0.717, 1.165) is 18.7 Å². The summed E-state index contributed by atoms with van der Waals surface area (Å²) in [6.07, 6.45) is 0.772. The number of phenols is 1. The van der Waals surface area contributed by atoms with Crippen molar-refractivity contribution in [2.45, 2.75) is 37.8 Å². The number of hydrogen-bond acceptors (Lipinski definition) is 9. The van der Waals surface area contributed by atoms with E-state index in [1.54, 1.807) is 18.2 Å². The number of ether oxygens (including phenoxy) is 2. The van der Waals surface area contributed by atoms with Crippen LogP contribution in [-0.4, -0.2) is 53.0 Å². The van der Waals surface area contributed by atoms with Crippen LogP contribution in [0.5, 0.6) is 17.2 Å². The fourth-order valence-corrected chi connectivity index (χ4v) is 5.75. The lowest BCUT2D eigenvalue weighted by Crippen LogP contribution is -2.46. The minimum Gasteiger partial charge on any atom is -0.504 e. The van der Waals surface area contributed by atoms with E-state index in [0.29, 0.717) is 36.9 Å². The number of likely N-dealkylation sites (tertiary alicyclic amines) is 1. The minimum absolute atomic E-state index is 0.0149. The number of carbonyl (C=O) groups is 1. The van der Waals surface area contributed by atoms with Crippen molar-refractivity contribution >= 4 is 5.97 Å². The Morgan fingerprint density at radius 3 is 2.66 bits per heavy atom. The van der Waals surface area contributed by atoms with Gasteiger partial charge in [-0.1, -0.05) is 12.1 Å². The number of hydrogen-bond donors (Lipinski definition) is 2. The number of esters is 1. The standard InChI is InChI=1S/C28H30N2O8/c1-36-24-7-6-17(9-22(24)31)20(11-26(34)37-2)28-27(35)23(32)10-19(38-28)15-29-12-16-8-18(14-29)21-4-3-5-25(33)30(21)13-16/h3-7,9-10,16,18,20,31,35H,8,11-15H2,1-2H3/t16-,18+,20+/m0/s1. The summed E-state index contributed by atoms with van der Waals surface area (Å²) in [5.74, 6) is -1.21. The molecule has 3 aromatic rings. The molecule has 0 aliphatic carbocycles. The zero-order valence-corrected chi connectivity index (χ0v) is 21.3. The lowest BCUT2D eigenvalue weighted by atomic mass is 9.83. The highest BCUT2D eigenvalue weighted by Crippen LogP contribution is 2.38. The molecule has 2 bridgehead atoms. The molecule has 10 nitrogen and oxygen atoms in total. The van der Waals surface area contributed by atoms with E-state index in [-0.39, 0.29) is 35.2 Å². The third-order valence-electron chi connectivity index (χ3n) is 7.45. The molecule has 3 atom stereocenters. The fourth-order valence-electron chi connectivity index (χ4n) is 5.75. The average molecular weight is 523 g/mol. The van der Waals surface area contributed by atoms with Gasteiger partial charge >= 0.3 is 5.97 Å². The lowest BCUT2D eigenvalue weighted by molar-refractivity contribution is -0.140. The van der Waals surface area contributed by atoms with Crippen LogP contribution in [0.15, 0.2) is 56.5 Å². The number of aromatic hydroxyl groups is 2. The molecule has 0 unspecified atom stereocenters. The number of piperidine rings is 1. The predicted molar refractivity (Wildman–Crippen MR) is 137 cm³/mol. The summed E-state index contributed by atoms with van der Waals surface area (Å²) in [4.78, 5) is 39.6. The van der Waals surface area contributed by atoms with E-state index in [9.17, 15) is 24.6 Å². The maximum absolute atomic E-state index is 12.8. The zero-order chi connectivity index (χ0) is 27.0. The molecule has 0 radical (unpaired) electrons. The molecule has 4 heterocycles. The number of pyridine rings is 1. The van der Waals surface area contributed by atoms with Crippen molar-refractivity contribution in [3.63, 3.8) is 0 Å². The van der Waals surface area contributed by atoms with Crippen LogP contribution in [0.1, 0.15) is 47.5 Å². The third kappa shape index (κ3) is 4.91. The normalized spacial score (nSPS) is 19.4. The molecule has 5 rings (SSSR count). The molecule has 0 saturated carbocycles. The maximum atomic E-state index is 12.8. The van der Waals surface area contributed by atoms with Gasteiger partial charge in [0.15, 0.2) is 17.3 Å². The molecule has 1 fully saturated rings. The first kappa shape index (κ1) is 25.6. The molecular weight excluding hydrogens is 492 g/mol. The van der Waals surface area contributed by atoms with Gasteiger partial charge in [-0.15, -0.1) is 0 Å². The van der Waals surface area contributed by atoms with Gasteiger partial charge in [0.1, 0.15) is 5.76 Å². The van der Waals surface area contributed by atoms with Crippen molar-refractivity contribution in [2.75, 3.05) is 27.3 Å². The second-order valence-electron chi connectivity index (χ2n) is 9.95. The highest BCUT2D eigenvalue weighted by molar-refractivity contribution is 5.71. The Kier molecular flexibility index (Phi) is 6.98. The summed E-state index contributed by atoms with van der Waals surface area (Å²) >= 11 is 0. The monoisotopic (exact) mass is 522 g/mol. The summed E-state index contributed by atoms with van der Waals surface area (Å²) in [5, 5.41) is 21.0. The lowest BCUT2D eigenvalue weighted by Gasteiger charge is -2.42. The van der Waals surface area contributed by atoms with Crippen molar-refractivity contribution in [3.8, 4) is 17.2 Å². The number of phenolic OH excluding ortho intramolecular Hbond substituents is 1. The Morgan fingerprint density at radius 2 is 1.92 bits per heavy atom. The van der Waals surface area contributed by atoms with E-state index >= 15 is 0 Å². The number of rotatable bonds is 7. The number of nitrogens with zero attached hydrogens (tertiary/aromatic N) is 2. The smallest absolute Gasteiger partial charge is 0.306 e. The Balaban J connectivity index is 1.46. The molecule has 2 aliphatic heterocycles. The molecule has 2 aromatic heterocycles. The molecule has 0 amide bonds. The first-order valence-corrected chi connectivity index (χ1v) is 12.5. The number of methoxy groups -OCH3 is 2. The molecule has 1 aromatic carbocycles. The highest BCUT2D eigenvalue weighted by Gasteiger charge is 2.35. The second-order valence-corrected chi connectivity index (χ2v) is 9.95. The second kappa shape index (κ2) is 10.4. The van der Waals surface area contributed by atoms with Gasteiger partial charge in [0.25, 0.3) is 5.56 Å². The van der Waals surface area contributed by atoms with Gasteiger partial charge in [-0.05, 0) is 36.1 Å². The molecule has 2 N–H and O–H groups in total. The topological polar surface area (TPSA) is 131 Å². The quantitative estimate of drug-likeness (QED) is 0.449. The number of aromatic nitrogens is 1. The van der Waals surface area contributed by atoms with Gasteiger partial charge in [-0.3, -0.25) is 19.3 Å². The molecular formula is C28H30N2O8. The van der Waals surface area contributed by atoms with Crippen LogP contribution in [0.25, 0.3) is 0 Å². The molecule has 0 spiro atoms. The van der Waals surface area contributed by atoms with Crippen LogP contribution in [0.4, 0.5) is 0 Å². The van der Waals surface area contributed by atoms with E-state index in [4.69, 9.17) is 13.9 Å². The summed E-state index contributed by atoms with van der Waals surface area (Å²) in [5.41, 5.74) is 0.853. The Morgan fingerprint density at radius 1 is 1.11 bits per heavy atom. The largest absolute Gasteiger partial charge is 0.504 e. The van der Waals surface area contributed by atoms with Crippen molar-refractivity contribution in [2.24, 2.45) is 5.92 Å². The Bertz CT molecular complexity index is 1480. The van der Waals surface area contributed by atoms with Gasteiger partial charge < -0.3 is 28.7 Å². The van der Waals surface area contributed by atoms with Crippen LogP contribution in [0.2, 0.25) is 0 Å². The number of carbonyl (C=O) groups excluding carboxylic acids is 1. The van der Waals surface area contributed by atoms with Gasteiger partial charge in [0.05, 0.1) is 33.1 Å². The van der Waals surface area contributed by atoms with Crippen LogP contribution >= 0.6 is 0 Å². The summed E-state index contributed by atoms with van der Waals surface area (Å²) in [7, 11) is 2.66. The maximum Gasteiger partial charge on any atom is 0.306 e. The van der Waals surface area contributed by atoms with Crippen molar-refractivity contribution in [1.29, 1.82) is 0 Å². The van der Waals surface area contributed by atoms with E-state index in [2.05, 4.69) is 4.90 Å². The van der Waals surface area contributed by atoms with E-state index in [1.807, 2.05) is 10.6 Å². The molecule has 10 heteroatoms. The van der Waals surface area contributed by atoms with Crippen LogP contribution in [0.3, 0.4) is 0 Å². The van der Waals surface area contributed by atoms with Gasteiger partial charge in [-0.25, -0.2) is 0 Å². The van der Waals surface area contributed by atoms with Gasteiger partial charge in [0, 0.05) is 43.4 Å². The minimum atomic E-state index is -0.883. The first-order chi connectivity index (χ1) is 18.3. The van der Waals surface area contributed by atoms with E-state index < -0.39 is 23.1 Å². The Hall–Kier alpha value is -4.05. The predicted octanol–water partition coefficient (Wildman–Crippen LogP) is 2.54. The molecule has 38 heavy (non-hydrogen) atoms. The van der Waals surface area contributed by atoms with Crippen molar-refractivity contribution in [1.82, 2.24) is 9.47 Å². The molecule has 1 saturated heterocycles.